The second kappa shape index (κ2) is 5.45. The molecule has 0 bridgehead atoms. The summed E-state index contributed by atoms with van der Waals surface area (Å²) in [7, 11) is 0. The second-order valence-corrected chi connectivity index (χ2v) is 3.04. The Kier molecular flexibility index (Phi) is 4.23. The van der Waals surface area contributed by atoms with Crippen molar-refractivity contribution in [3.63, 3.8) is 0 Å². The highest BCUT2D eigenvalue weighted by atomic mass is 16.5. The molecule has 1 aromatic heterocycles. The molecule has 0 unspecified atom stereocenters. The number of hydrogen-bond donors (Lipinski definition) is 1. The van der Waals surface area contributed by atoms with Crippen molar-refractivity contribution in [2.45, 2.75) is 32.8 Å². The van der Waals surface area contributed by atoms with E-state index >= 15 is 0 Å². The molecule has 0 amide bonds. The van der Waals surface area contributed by atoms with Crippen molar-refractivity contribution in [3.8, 4) is 0 Å². The van der Waals surface area contributed by atoms with E-state index in [1.807, 2.05) is 13.8 Å². The van der Waals surface area contributed by atoms with Crippen molar-refractivity contribution in [1.82, 2.24) is 10.1 Å². The summed E-state index contributed by atoms with van der Waals surface area (Å²) in [6.07, 6.45) is 0.0172. The number of rotatable bonds is 6. The summed E-state index contributed by atoms with van der Waals surface area (Å²) in [6.45, 7) is 4.26. The van der Waals surface area contributed by atoms with E-state index in [0.29, 0.717) is 18.3 Å². The number of nitrogens with zero attached hydrogens (tertiary/aromatic N) is 2. The zero-order chi connectivity index (χ0) is 11.3. The van der Waals surface area contributed by atoms with Gasteiger partial charge < -0.3 is 14.4 Å². The van der Waals surface area contributed by atoms with Crippen LogP contribution in [-0.2, 0) is 16.0 Å². The maximum atomic E-state index is 10.3. The monoisotopic (exact) mass is 214 g/mol. The van der Waals surface area contributed by atoms with Gasteiger partial charge in [0.2, 0.25) is 5.89 Å². The van der Waals surface area contributed by atoms with Crippen molar-refractivity contribution in [2.24, 2.45) is 0 Å². The minimum Gasteiger partial charge on any atom is -0.481 e. The molecule has 84 valence electrons. The number of aromatic nitrogens is 2. The number of ether oxygens (including phenoxy) is 1. The van der Waals surface area contributed by atoms with Crippen LogP contribution in [0.5, 0.6) is 0 Å². The van der Waals surface area contributed by atoms with Gasteiger partial charge in [-0.3, -0.25) is 4.79 Å². The van der Waals surface area contributed by atoms with Gasteiger partial charge in [-0.1, -0.05) is 5.16 Å². The van der Waals surface area contributed by atoms with Crippen molar-refractivity contribution in [3.05, 3.63) is 11.7 Å². The lowest BCUT2D eigenvalue weighted by Gasteiger charge is -2.04. The van der Waals surface area contributed by atoms with Crippen LogP contribution in [0.1, 0.15) is 38.1 Å². The van der Waals surface area contributed by atoms with E-state index in [4.69, 9.17) is 14.4 Å². The summed E-state index contributed by atoms with van der Waals surface area (Å²) in [6, 6.07) is 0. The van der Waals surface area contributed by atoms with E-state index in [-0.39, 0.29) is 18.9 Å². The molecule has 15 heavy (non-hydrogen) atoms. The van der Waals surface area contributed by atoms with Gasteiger partial charge in [0.15, 0.2) is 5.82 Å². The van der Waals surface area contributed by atoms with Gasteiger partial charge in [-0.2, -0.15) is 4.98 Å². The fourth-order valence-electron chi connectivity index (χ4n) is 1.07. The topological polar surface area (TPSA) is 85.5 Å². The summed E-state index contributed by atoms with van der Waals surface area (Å²) >= 11 is 0. The largest absolute Gasteiger partial charge is 0.481 e. The molecule has 1 heterocycles. The highest BCUT2D eigenvalue weighted by molar-refractivity contribution is 5.66. The molecule has 1 aromatic rings. The molecule has 0 aliphatic rings. The zero-order valence-electron chi connectivity index (χ0n) is 8.77. The smallest absolute Gasteiger partial charge is 0.303 e. The molecule has 0 aromatic carbocycles. The van der Waals surface area contributed by atoms with E-state index in [1.54, 1.807) is 0 Å². The van der Waals surface area contributed by atoms with Crippen LogP contribution in [0.2, 0.25) is 0 Å². The Balaban J connectivity index is 2.51. The number of carboxylic acids is 1. The van der Waals surface area contributed by atoms with Gasteiger partial charge >= 0.3 is 5.97 Å². The average Bonchev–Trinajstić information content (AvgIpc) is 2.63. The van der Waals surface area contributed by atoms with Gasteiger partial charge in [-0.15, -0.1) is 0 Å². The highest BCUT2D eigenvalue weighted by Crippen LogP contribution is 2.13. The molecule has 0 saturated heterocycles. The summed E-state index contributed by atoms with van der Waals surface area (Å²) < 4.78 is 10.1. The summed E-state index contributed by atoms with van der Waals surface area (Å²) in [5.41, 5.74) is 0. The molecule has 0 saturated carbocycles. The average molecular weight is 214 g/mol. The third-order valence-corrected chi connectivity index (χ3v) is 1.82. The molecule has 0 aliphatic carbocycles. The predicted molar refractivity (Wildman–Crippen MR) is 50.3 cm³/mol. The van der Waals surface area contributed by atoms with Crippen LogP contribution in [0.3, 0.4) is 0 Å². The molecule has 0 fully saturated rings. The van der Waals surface area contributed by atoms with Crippen LogP contribution in [-0.4, -0.2) is 27.8 Å². The number of carbonyl (C=O) groups is 1. The predicted octanol–water partition coefficient (Wildman–Crippen LogP) is 1.18. The number of hydrogen-bond acceptors (Lipinski definition) is 5. The lowest BCUT2D eigenvalue weighted by atomic mass is 10.3. The lowest BCUT2D eigenvalue weighted by molar-refractivity contribution is -0.137. The molecule has 1 rings (SSSR count). The molecular formula is C9H14N2O4. The van der Waals surface area contributed by atoms with E-state index in [1.165, 1.54) is 0 Å². The molecule has 0 aliphatic heterocycles. The number of aliphatic carboxylic acids is 1. The summed E-state index contributed by atoms with van der Waals surface area (Å²) in [4.78, 5) is 14.3. The first-order valence-electron chi connectivity index (χ1n) is 4.79. The molecular weight excluding hydrogens is 200 g/mol. The molecule has 1 N–H and O–H groups in total. The third kappa shape index (κ3) is 3.67. The number of aryl methyl sites for hydroxylation is 1. The normalized spacial score (nSPS) is 12.7. The highest BCUT2D eigenvalue weighted by Gasteiger charge is 2.14. The van der Waals surface area contributed by atoms with E-state index in [9.17, 15) is 4.79 Å². The quantitative estimate of drug-likeness (QED) is 0.765. The van der Waals surface area contributed by atoms with Gasteiger partial charge in [0.25, 0.3) is 0 Å². The standard InChI is InChI=1S/C9H14N2O4/c1-3-14-6(2)9-10-7(15-11-9)4-5-8(12)13/h6H,3-5H2,1-2H3,(H,12,13)/t6-/m1/s1. The van der Waals surface area contributed by atoms with E-state index in [2.05, 4.69) is 10.1 Å². The van der Waals surface area contributed by atoms with Crippen molar-refractivity contribution in [1.29, 1.82) is 0 Å². The molecule has 0 radical (unpaired) electrons. The minimum absolute atomic E-state index is 0.00928. The van der Waals surface area contributed by atoms with Gasteiger partial charge in [0, 0.05) is 13.0 Å². The Morgan fingerprint density at radius 3 is 3.00 bits per heavy atom. The van der Waals surface area contributed by atoms with Crippen LogP contribution < -0.4 is 0 Å². The van der Waals surface area contributed by atoms with Gasteiger partial charge in [-0.05, 0) is 13.8 Å². The van der Waals surface area contributed by atoms with Crippen molar-refractivity contribution < 1.29 is 19.2 Å². The van der Waals surface area contributed by atoms with Crippen molar-refractivity contribution in [2.75, 3.05) is 6.61 Å². The first kappa shape index (κ1) is 11.6. The van der Waals surface area contributed by atoms with Crippen LogP contribution in [0.15, 0.2) is 4.52 Å². The second-order valence-electron chi connectivity index (χ2n) is 3.04. The molecule has 0 spiro atoms. The Labute approximate surface area is 87.2 Å². The Hall–Kier alpha value is -1.43. The fourth-order valence-corrected chi connectivity index (χ4v) is 1.07. The van der Waals surface area contributed by atoms with Gasteiger partial charge in [-0.25, -0.2) is 0 Å². The van der Waals surface area contributed by atoms with Crippen LogP contribution in [0, 0.1) is 0 Å². The Morgan fingerprint density at radius 2 is 2.40 bits per heavy atom. The Morgan fingerprint density at radius 1 is 1.67 bits per heavy atom. The van der Waals surface area contributed by atoms with Crippen LogP contribution in [0.4, 0.5) is 0 Å². The molecule has 1 atom stereocenters. The van der Waals surface area contributed by atoms with Gasteiger partial charge in [0.1, 0.15) is 6.10 Å². The third-order valence-electron chi connectivity index (χ3n) is 1.82. The van der Waals surface area contributed by atoms with Crippen LogP contribution >= 0.6 is 0 Å². The van der Waals surface area contributed by atoms with Crippen LogP contribution in [0.25, 0.3) is 0 Å². The molecule has 6 nitrogen and oxygen atoms in total. The SMILES string of the molecule is CCO[C@H](C)c1noc(CCC(=O)O)n1. The number of carboxylic acid groups (broad SMARTS) is 1. The maximum absolute atomic E-state index is 10.3. The maximum Gasteiger partial charge on any atom is 0.303 e. The zero-order valence-corrected chi connectivity index (χ0v) is 8.77. The van der Waals surface area contributed by atoms with E-state index in [0.717, 1.165) is 0 Å². The Bertz CT molecular complexity index is 324. The van der Waals surface area contributed by atoms with E-state index < -0.39 is 5.97 Å². The summed E-state index contributed by atoms with van der Waals surface area (Å²) in [5, 5.41) is 12.2. The summed E-state index contributed by atoms with van der Waals surface area (Å²) in [5.74, 6) is -0.0937. The lowest BCUT2D eigenvalue weighted by Crippen LogP contribution is -2.02. The fraction of sp³-hybridized carbons (Fsp3) is 0.667. The van der Waals surface area contributed by atoms with Crippen molar-refractivity contribution >= 4 is 5.97 Å². The minimum atomic E-state index is -0.882. The molecule has 6 heteroatoms. The van der Waals surface area contributed by atoms with Gasteiger partial charge in [0.05, 0.1) is 6.42 Å². The first-order chi connectivity index (χ1) is 7.13. The first-order valence-corrected chi connectivity index (χ1v) is 4.79.